The molecule has 1 aliphatic heterocycles. The first-order chi connectivity index (χ1) is 13.5. The van der Waals surface area contributed by atoms with Crippen molar-refractivity contribution in [3.8, 4) is 17.0 Å². The molecule has 0 spiro atoms. The van der Waals surface area contributed by atoms with Gasteiger partial charge in [0.25, 0.3) is 5.91 Å². The van der Waals surface area contributed by atoms with Gasteiger partial charge in [0.05, 0.1) is 16.1 Å². The molecule has 0 aliphatic carbocycles. The molecule has 3 N–H and O–H groups in total. The summed E-state index contributed by atoms with van der Waals surface area (Å²) in [6.07, 6.45) is 0.438. The Balaban J connectivity index is 1.90. The van der Waals surface area contributed by atoms with Gasteiger partial charge in [-0.05, 0) is 36.2 Å². The molecule has 1 aromatic heterocycles. The van der Waals surface area contributed by atoms with E-state index in [0.29, 0.717) is 45.5 Å². The number of benzene rings is 2. The van der Waals surface area contributed by atoms with Gasteiger partial charge < -0.3 is 15.1 Å². The number of para-hydroxylation sites is 1. The maximum absolute atomic E-state index is 13.0. The van der Waals surface area contributed by atoms with Gasteiger partial charge in [0.15, 0.2) is 0 Å². The van der Waals surface area contributed by atoms with Gasteiger partial charge in [0.1, 0.15) is 17.1 Å². The monoisotopic (exact) mass is 417 g/mol. The average Bonchev–Trinajstić information content (AvgIpc) is 3.22. The Hall–Kier alpha value is -2.54. The highest BCUT2D eigenvalue weighted by atomic mass is 35.5. The van der Waals surface area contributed by atoms with Crippen LogP contribution in [-0.2, 0) is 0 Å². The number of fused-ring (bicyclic) bond motifs is 1. The minimum atomic E-state index is -0.461. The number of nitrogens with one attached hydrogen (secondary N) is 1. The number of aromatic amines is 1. The van der Waals surface area contributed by atoms with E-state index in [9.17, 15) is 15.0 Å². The minimum absolute atomic E-state index is 0.0314. The van der Waals surface area contributed by atoms with Gasteiger partial charge in [0, 0.05) is 24.3 Å². The number of hydrogen-bond donors (Lipinski definition) is 3. The largest absolute Gasteiger partial charge is 0.507 e. The molecule has 0 radical (unpaired) electrons. The zero-order valence-electron chi connectivity index (χ0n) is 14.7. The summed E-state index contributed by atoms with van der Waals surface area (Å²) >= 11 is 12.3. The third-order valence-electron chi connectivity index (χ3n) is 4.84. The van der Waals surface area contributed by atoms with E-state index < -0.39 is 6.04 Å². The summed E-state index contributed by atoms with van der Waals surface area (Å²) in [4.78, 5) is 14.7. The molecule has 144 valence electrons. The number of rotatable bonds is 5. The normalized spacial score (nSPS) is 15.9. The van der Waals surface area contributed by atoms with Crippen molar-refractivity contribution in [1.29, 1.82) is 0 Å². The number of aliphatic hydroxyl groups excluding tert-OH is 1. The number of H-pyrrole nitrogens is 1. The Labute approximate surface area is 171 Å². The summed E-state index contributed by atoms with van der Waals surface area (Å²) in [6, 6.07) is 11.6. The molecule has 0 saturated carbocycles. The number of nitrogens with zero attached hydrogens (tertiary/aromatic N) is 2. The van der Waals surface area contributed by atoms with E-state index in [1.165, 1.54) is 0 Å². The van der Waals surface area contributed by atoms with Gasteiger partial charge in [0.2, 0.25) is 0 Å². The maximum atomic E-state index is 13.0. The second-order valence-corrected chi connectivity index (χ2v) is 7.34. The first kappa shape index (κ1) is 18.8. The first-order valence-corrected chi connectivity index (χ1v) is 9.52. The number of phenolic OH excluding ortho intramolecular Hbond substituents is 1. The van der Waals surface area contributed by atoms with Crippen LogP contribution in [0.15, 0.2) is 42.5 Å². The van der Waals surface area contributed by atoms with Crippen LogP contribution >= 0.6 is 23.2 Å². The smallest absolute Gasteiger partial charge is 0.273 e. The van der Waals surface area contributed by atoms with Crippen LogP contribution in [0.25, 0.3) is 11.3 Å². The lowest BCUT2D eigenvalue weighted by Crippen LogP contribution is -2.31. The molecule has 0 fully saturated rings. The fraction of sp³-hybridized carbons (Fsp3) is 0.200. The quantitative estimate of drug-likeness (QED) is 0.584. The van der Waals surface area contributed by atoms with Crippen LogP contribution < -0.4 is 0 Å². The molecule has 0 bridgehead atoms. The number of carbonyl (C=O) groups excluding carboxylic acids is 1. The molecule has 1 aliphatic rings. The Bertz CT molecular complexity index is 1050. The molecule has 2 heterocycles. The van der Waals surface area contributed by atoms with Gasteiger partial charge in [-0.2, -0.15) is 5.10 Å². The van der Waals surface area contributed by atoms with Crippen LogP contribution in [0.1, 0.15) is 34.1 Å². The van der Waals surface area contributed by atoms with Crippen molar-refractivity contribution >= 4 is 29.1 Å². The summed E-state index contributed by atoms with van der Waals surface area (Å²) in [7, 11) is 0. The average molecular weight is 418 g/mol. The number of aromatic nitrogens is 2. The van der Waals surface area contributed by atoms with Gasteiger partial charge >= 0.3 is 0 Å². The van der Waals surface area contributed by atoms with Gasteiger partial charge in [-0.1, -0.05) is 41.4 Å². The fourth-order valence-electron chi connectivity index (χ4n) is 3.58. The molecule has 6 nitrogen and oxygen atoms in total. The van der Waals surface area contributed by atoms with Crippen molar-refractivity contribution in [3.63, 3.8) is 0 Å². The van der Waals surface area contributed by atoms with E-state index in [1.54, 1.807) is 41.3 Å². The number of carbonyl (C=O) groups is 1. The van der Waals surface area contributed by atoms with E-state index in [-0.39, 0.29) is 18.3 Å². The van der Waals surface area contributed by atoms with E-state index in [1.807, 2.05) is 6.07 Å². The summed E-state index contributed by atoms with van der Waals surface area (Å²) in [6.45, 7) is 0.333. The van der Waals surface area contributed by atoms with Crippen LogP contribution in [0.5, 0.6) is 5.75 Å². The summed E-state index contributed by atoms with van der Waals surface area (Å²) in [5.41, 5.74) is 2.85. The molecule has 1 amide bonds. The van der Waals surface area contributed by atoms with E-state index in [0.717, 1.165) is 5.56 Å². The molecule has 28 heavy (non-hydrogen) atoms. The first-order valence-electron chi connectivity index (χ1n) is 8.76. The predicted molar refractivity (Wildman–Crippen MR) is 107 cm³/mol. The number of amides is 1. The number of aliphatic hydroxyl groups is 1. The van der Waals surface area contributed by atoms with Crippen molar-refractivity contribution in [1.82, 2.24) is 15.1 Å². The van der Waals surface area contributed by atoms with Crippen molar-refractivity contribution in [2.45, 2.75) is 12.5 Å². The van der Waals surface area contributed by atoms with E-state index in [2.05, 4.69) is 10.2 Å². The molecule has 0 saturated heterocycles. The highest BCUT2D eigenvalue weighted by molar-refractivity contribution is 6.42. The zero-order chi connectivity index (χ0) is 19.8. The predicted octanol–water partition coefficient (Wildman–Crippen LogP) is 4.02. The highest BCUT2D eigenvalue weighted by Gasteiger charge is 2.42. The Kier molecular flexibility index (Phi) is 5.02. The summed E-state index contributed by atoms with van der Waals surface area (Å²) < 4.78 is 0. The number of phenols is 1. The lowest BCUT2D eigenvalue weighted by molar-refractivity contribution is 0.0732. The molecule has 4 rings (SSSR count). The van der Waals surface area contributed by atoms with Crippen LogP contribution in [0.4, 0.5) is 0 Å². The third-order valence-corrected chi connectivity index (χ3v) is 5.58. The third kappa shape index (κ3) is 3.03. The van der Waals surface area contributed by atoms with Crippen molar-refractivity contribution in [2.24, 2.45) is 0 Å². The Morgan fingerprint density at radius 3 is 2.64 bits per heavy atom. The molecular weight excluding hydrogens is 401 g/mol. The maximum Gasteiger partial charge on any atom is 0.273 e. The minimum Gasteiger partial charge on any atom is -0.507 e. The Morgan fingerprint density at radius 2 is 1.93 bits per heavy atom. The molecule has 0 unspecified atom stereocenters. The zero-order valence-corrected chi connectivity index (χ0v) is 16.2. The van der Waals surface area contributed by atoms with Crippen LogP contribution in [0, 0.1) is 0 Å². The molecule has 2 aromatic carbocycles. The van der Waals surface area contributed by atoms with Crippen LogP contribution in [0.2, 0.25) is 10.0 Å². The van der Waals surface area contributed by atoms with Crippen molar-refractivity contribution in [3.05, 3.63) is 69.3 Å². The molecular formula is C20H17Cl2N3O3. The van der Waals surface area contributed by atoms with Crippen LogP contribution in [0.3, 0.4) is 0 Å². The van der Waals surface area contributed by atoms with Gasteiger partial charge in [-0.3, -0.25) is 9.89 Å². The standard InChI is InChI=1S/C20H17Cl2N3O3/c21-13-7-6-11(10-14(13)22)19-16-17(12-4-1-2-5-15(12)27)23-24-18(16)20(28)25(19)8-3-9-26/h1-2,4-7,10,19,26-27H,3,8-9H2,(H,23,24)/t19-/m1/s1. The van der Waals surface area contributed by atoms with Crippen molar-refractivity contribution < 1.29 is 15.0 Å². The lowest BCUT2D eigenvalue weighted by Gasteiger charge is -2.26. The van der Waals surface area contributed by atoms with Crippen LogP contribution in [-0.4, -0.2) is 44.4 Å². The second-order valence-electron chi connectivity index (χ2n) is 6.53. The highest BCUT2D eigenvalue weighted by Crippen LogP contribution is 2.45. The topological polar surface area (TPSA) is 89.5 Å². The second kappa shape index (κ2) is 7.47. The summed E-state index contributed by atoms with van der Waals surface area (Å²) in [5, 5.41) is 27.5. The number of halogens is 2. The number of hydrogen-bond acceptors (Lipinski definition) is 4. The van der Waals surface area contributed by atoms with Gasteiger partial charge in [-0.25, -0.2) is 0 Å². The van der Waals surface area contributed by atoms with Crippen molar-refractivity contribution in [2.75, 3.05) is 13.2 Å². The lowest BCUT2D eigenvalue weighted by atomic mass is 9.95. The molecule has 8 heteroatoms. The van der Waals surface area contributed by atoms with E-state index in [4.69, 9.17) is 23.2 Å². The molecule has 1 atom stereocenters. The Morgan fingerprint density at radius 1 is 1.14 bits per heavy atom. The van der Waals surface area contributed by atoms with Gasteiger partial charge in [-0.15, -0.1) is 0 Å². The summed E-state index contributed by atoms with van der Waals surface area (Å²) in [5.74, 6) is -0.139. The SMILES string of the molecule is O=C1c2[nH]nc(-c3ccccc3O)c2[C@@H](c2ccc(Cl)c(Cl)c2)N1CCCO. The fourth-order valence-corrected chi connectivity index (χ4v) is 3.88. The molecule has 3 aromatic rings. The number of aromatic hydroxyl groups is 1. The van der Waals surface area contributed by atoms with E-state index >= 15 is 0 Å².